The molecule has 1 atom stereocenters. The fraction of sp³-hybridized carbons (Fsp3) is 0.462. The molecule has 0 fully saturated rings. The van der Waals surface area contributed by atoms with Crippen molar-refractivity contribution in [3.63, 3.8) is 0 Å². The van der Waals surface area contributed by atoms with Gasteiger partial charge in [0.05, 0.1) is 12.7 Å². The number of carbonyl (C=O) groups is 1. The van der Waals surface area contributed by atoms with Gasteiger partial charge in [0.1, 0.15) is 0 Å². The lowest BCUT2D eigenvalue weighted by atomic mass is 10.2. The third-order valence-electron chi connectivity index (χ3n) is 2.74. The Morgan fingerprint density at radius 1 is 1.44 bits per heavy atom. The third kappa shape index (κ3) is 3.37. The van der Waals surface area contributed by atoms with Crippen molar-refractivity contribution >= 4 is 5.97 Å². The molecule has 5 nitrogen and oxygen atoms in total. The second-order valence-electron chi connectivity index (χ2n) is 4.24. The predicted molar refractivity (Wildman–Crippen MR) is 63.7 cm³/mol. The minimum Gasteiger partial charge on any atom is -0.481 e. The van der Waals surface area contributed by atoms with Gasteiger partial charge >= 0.3 is 5.97 Å². The van der Waals surface area contributed by atoms with Crippen LogP contribution in [0.15, 0.2) is 18.2 Å². The number of rotatable bonds is 6. The van der Waals surface area contributed by atoms with Gasteiger partial charge in [-0.3, -0.25) is 4.79 Å². The molecule has 0 aromatic heterocycles. The van der Waals surface area contributed by atoms with Crippen molar-refractivity contribution in [3.8, 4) is 11.5 Å². The summed E-state index contributed by atoms with van der Waals surface area (Å²) in [7, 11) is 0. The fourth-order valence-corrected chi connectivity index (χ4v) is 1.68. The average molecular weight is 252 g/mol. The molecular formula is C13H16O5. The van der Waals surface area contributed by atoms with Gasteiger partial charge in [0.25, 0.3) is 0 Å². The molecule has 0 radical (unpaired) electrons. The highest BCUT2D eigenvalue weighted by atomic mass is 16.7. The second kappa shape index (κ2) is 5.73. The molecule has 5 heteroatoms. The van der Waals surface area contributed by atoms with Crippen LogP contribution in [0.3, 0.4) is 0 Å². The van der Waals surface area contributed by atoms with Crippen LogP contribution in [0.4, 0.5) is 0 Å². The van der Waals surface area contributed by atoms with Crippen LogP contribution in [0.5, 0.6) is 11.5 Å². The molecule has 2 rings (SSSR count). The first-order valence-electron chi connectivity index (χ1n) is 5.87. The number of fused-ring (bicyclic) bond motifs is 1. The highest BCUT2D eigenvalue weighted by Crippen LogP contribution is 2.32. The molecule has 0 amide bonds. The molecule has 98 valence electrons. The maximum atomic E-state index is 10.4. The number of aliphatic carboxylic acids is 1. The van der Waals surface area contributed by atoms with E-state index in [9.17, 15) is 4.79 Å². The van der Waals surface area contributed by atoms with E-state index < -0.39 is 5.97 Å². The quantitative estimate of drug-likeness (QED) is 0.840. The Morgan fingerprint density at radius 2 is 2.22 bits per heavy atom. The van der Waals surface area contributed by atoms with E-state index in [2.05, 4.69) is 0 Å². The van der Waals surface area contributed by atoms with Crippen molar-refractivity contribution in [2.45, 2.75) is 32.5 Å². The monoisotopic (exact) mass is 252 g/mol. The first-order chi connectivity index (χ1) is 8.65. The van der Waals surface area contributed by atoms with Crippen LogP contribution in [0.1, 0.15) is 25.3 Å². The van der Waals surface area contributed by atoms with Gasteiger partial charge in [-0.05, 0) is 31.0 Å². The first kappa shape index (κ1) is 12.7. The third-order valence-corrected chi connectivity index (χ3v) is 2.74. The fourth-order valence-electron chi connectivity index (χ4n) is 1.68. The summed E-state index contributed by atoms with van der Waals surface area (Å²) in [6, 6.07) is 5.65. The van der Waals surface area contributed by atoms with Crippen molar-refractivity contribution in [1.82, 2.24) is 0 Å². The van der Waals surface area contributed by atoms with Crippen LogP contribution >= 0.6 is 0 Å². The Morgan fingerprint density at radius 3 is 3.00 bits per heavy atom. The number of carboxylic acid groups (broad SMARTS) is 1. The van der Waals surface area contributed by atoms with Crippen molar-refractivity contribution in [2.75, 3.05) is 6.79 Å². The van der Waals surface area contributed by atoms with Crippen molar-refractivity contribution < 1.29 is 24.1 Å². The molecule has 0 saturated carbocycles. The van der Waals surface area contributed by atoms with E-state index in [1.807, 2.05) is 25.1 Å². The number of ether oxygens (including phenoxy) is 3. The molecule has 18 heavy (non-hydrogen) atoms. The SMILES string of the molecule is CC(CCC(=O)O)OCc1ccc2c(c1)OCO2. The van der Waals surface area contributed by atoms with E-state index in [4.69, 9.17) is 19.3 Å². The molecule has 1 aliphatic rings. The number of hydrogen-bond donors (Lipinski definition) is 1. The summed E-state index contributed by atoms with van der Waals surface area (Å²) in [5.41, 5.74) is 0.987. The molecule has 0 bridgehead atoms. The predicted octanol–water partition coefficient (Wildman–Crippen LogP) is 2.19. The minimum absolute atomic E-state index is 0.0773. The molecule has 0 aliphatic carbocycles. The molecule has 0 spiro atoms. The summed E-state index contributed by atoms with van der Waals surface area (Å²) in [6.45, 7) is 2.57. The summed E-state index contributed by atoms with van der Waals surface area (Å²) in [6.07, 6.45) is 0.564. The molecular weight excluding hydrogens is 236 g/mol. The van der Waals surface area contributed by atoms with Crippen LogP contribution in [0, 0.1) is 0 Å². The molecule has 0 saturated heterocycles. The molecule has 1 unspecified atom stereocenters. The maximum absolute atomic E-state index is 10.4. The Hall–Kier alpha value is -1.75. The van der Waals surface area contributed by atoms with E-state index in [1.165, 1.54) is 0 Å². The highest BCUT2D eigenvalue weighted by Gasteiger charge is 2.13. The molecule has 1 aliphatic heterocycles. The zero-order chi connectivity index (χ0) is 13.0. The topological polar surface area (TPSA) is 65.0 Å². The van der Waals surface area contributed by atoms with Crippen LogP contribution < -0.4 is 9.47 Å². The van der Waals surface area contributed by atoms with Crippen molar-refractivity contribution in [1.29, 1.82) is 0 Å². The Kier molecular flexibility index (Phi) is 4.04. The van der Waals surface area contributed by atoms with Crippen LogP contribution in [-0.2, 0) is 16.1 Å². The molecule has 1 N–H and O–H groups in total. The smallest absolute Gasteiger partial charge is 0.303 e. The van der Waals surface area contributed by atoms with Gasteiger partial charge in [-0.25, -0.2) is 0 Å². The Balaban J connectivity index is 1.81. The highest BCUT2D eigenvalue weighted by molar-refractivity contribution is 5.66. The number of benzene rings is 1. The summed E-state index contributed by atoms with van der Waals surface area (Å²) in [5, 5.41) is 8.57. The van der Waals surface area contributed by atoms with Gasteiger partial charge in [-0.15, -0.1) is 0 Å². The van der Waals surface area contributed by atoms with E-state index in [0.717, 1.165) is 17.1 Å². The summed E-state index contributed by atoms with van der Waals surface area (Å²) < 4.78 is 16.1. The van der Waals surface area contributed by atoms with Gasteiger partial charge in [0, 0.05) is 6.42 Å². The lowest BCUT2D eigenvalue weighted by Crippen LogP contribution is -2.10. The zero-order valence-electron chi connectivity index (χ0n) is 10.2. The van der Waals surface area contributed by atoms with Gasteiger partial charge in [-0.2, -0.15) is 0 Å². The molecule has 1 heterocycles. The summed E-state index contributed by atoms with van der Waals surface area (Å²) in [4.78, 5) is 10.4. The van der Waals surface area contributed by atoms with Crippen molar-refractivity contribution in [2.24, 2.45) is 0 Å². The second-order valence-corrected chi connectivity index (χ2v) is 4.24. The zero-order valence-corrected chi connectivity index (χ0v) is 10.2. The van der Waals surface area contributed by atoms with E-state index in [1.54, 1.807) is 0 Å². The lowest BCUT2D eigenvalue weighted by molar-refractivity contribution is -0.137. The average Bonchev–Trinajstić information content (AvgIpc) is 2.81. The van der Waals surface area contributed by atoms with E-state index in [-0.39, 0.29) is 19.3 Å². The van der Waals surface area contributed by atoms with Crippen molar-refractivity contribution in [3.05, 3.63) is 23.8 Å². The van der Waals surface area contributed by atoms with Gasteiger partial charge in [0.15, 0.2) is 11.5 Å². The first-order valence-corrected chi connectivity index (χ1v) is 5.87. The minimum atomic E-state index is -0.798. The summed E-state index contributed by atoms with van der Waals surface area (Å²) in [5.74, 6) is 0.681. The van der Waals surface area contributed by atoms with Gasteiger partial charge in [-0.1, -0.05) is 6.07 Å². The largest absolute Gasteiger partial charge is 0.481 e. The van der Waals surface area contributed by atoms with Crippen LogP contribution in [0.25, 0.3) is 0 Å². The lowest BCUT2D eigenvalue weighted by Gasteiger charge is -2.12. The number of hydrogen-bond acceptors (Lipinski definition) is 4. The standard InChI is InChI=1S/C13H16O5/c1-9(2-5-13(14)15)16-7-10-3-4-11-12(6-10)18-8-17-11/h3-4,6,9H,2,5,7-8H2,1H3,(H,14,15). The van der Waals surface area contributed by atoms with Gasteiger partial charge in [0.2, 0.25) is 6.79 Å². The Labute approximate surface area is 105 Å². The molecule has 1 aromatic rings. The van der Waals surface area contributed by atoms with E-state index >= 15 is 0 Å². The van der Waals surface area contributed by atoms with Crippen LogP contribution in [-0.4, -0.2) is 24.0 Å². The number of carboxylic acids is 1. The summed E-state index contributed by atoms with van der Waals surface area (Å²) >= 11 is 0. The maximum Gasteiger partial charge on any atom is 0.303 e. The Bertz CT molecular complexity index is 429. The van der Waals surface area contributed by atoms with Crippen LogP contribution in [0.2, 0.25) is 0 Å². The van der Waals surface area contributed by atoms with E-state index in [0.29, 0.717) is 13.0 Å². The van der Waals surface area contributed by atoms with Gasteiger partial charge < -0.3 is 19.3 Å². The normalized spacial score (nSPS) is 14.5. The molecule has 1 aromatic carbocycles.